The fourth-order valence-electron chi connectivity index (χ4n) is 5.13. The Morgan fingerprint density at radius 1 is 0.952 bits per heavy atom. The van der Waals surface area contributed by atoms with Crippen molar-refractivity contribution in [1.29, 1.82) is 0 Å². The second-order valence-electron chi connectivity index (χ2n) is 10.3. The number of aromatic nitrogens is 1. The van der Waals surface area contributed by atoms with Crippen LogP contribution < -0.4 is 15.8 Å². The lowest BCUT2D eigenvalue weighted by Gasteiger charge is -2.31. The maximum atomic E-state index is 13.1. The molecule has 9 heteroatoms. The van der Waals surface area contributed by atoms with Gasteiger partial charge >= 0.3 is 6.09 Å². The molecule has 0 aliphatic rings. The Kier molecular flexibility index (Phi) is 11.1. The molecule has 4 aromatic rings. The van der Waals surface area contributed by atoms with Crippen LogP contribution in [0.3, 0.4) is 0 Å². The highest BCUT2D eigenvalue weighted by Gasteiger charge is 2.33. The van der Waals surface area contributed by atoms with E-state index in [0.29, 0.717) is 18.6 Å². The van der Waals surface area contributed by atoms with Crippen molar-refractivity contribution >= 4 is 23.3 Å². The van der Waals surface area contributed by atoms with Gasteiger partial charge < -0.3 is 25.6 Å². The molecule has 0 aliphatic heterocycles. The second-order valence-corrected chi connectivity index (χ2v) is 11.3. The molecule has 4 N–H and O–H groups in total. The molecule has 220 valence electrons. The van der Waals surface area contributed by atoms with Gasteiger partial charge in [-0.05, 0) is 48.9 Å². The molecule has 8 nitrogen and oxygen atoms in total. The van der Waals surface area contributed by atoms with Crippen LogP contribution in [-0.2, 0) is 22.4 Å². The molecular formula is C33H37N3O5S. The van der Waals surface area contributed by atoms with Gasteiger partial charge in [-0.15, -0.1) is 11.3 Å². The van der Waals surface area contributed by atoms with Crippen molar-refractivity contribution in [3.63, 3.8) is 0 Å². The number of para-hydroxylation sites is 1. The average Bonchev–Trinajstić information content (AvgIpc) is 3.49. The molecule has 0 aliphatic carbocycles. The van der Waals surface area contributed by atoms with Crippen molar-refractivity contribution in [2.45, 2.75) is 57.3 Å². The minimum Gasteiger partial charge on any atom is -0.483 e. The Hall–Kier alpha value is -4.21. The summed E-state index contributed by atoms with van der Waals surface area (Å²) in [5.74, 6) is 0.0000131. The van der Waals surface area contributed by atoms with Crippen LogP contribution in [0.4, 0.5) is 4.79 Å². The Morgan fingerprint density at radius 3 is 2.24 bits per heavy atom. The van der Waals surface area contributed by atoms with E-state index < -0.39 is 24.3 Å². The van der Waals surface area contributed by atoms with Gasteiger partial charge in [0.25, 0.3) is 5.91 Å². The van der Waals surface area contributed by atoms with Gasteiger partial charge in [0.2, 0.25) is 0 Å². The third-order valence-electron chi connectivity index (χ3n) is 7.19. The van der Waals surface area contributed by atoms with Crippen LogP contribution in [0.5, 0.6) is 5.75 Å². The first-order valence-electron chi connectivity index (χ1n) is 13.9. The first-order chi connectivity index (χ1) is 20.3. The standard InChI is InChI=1S/C33H37N3O5S/c1-22-10-9-11-23(2)32(22)40-20-31(38)36-28(16-24-12-5-3-6-13-24)29(37)18-30(41-33(34)39)27(17-26-19-35-21-42-26)25-14-7-4-8-15-25/h3-15,19,21,27-30,37H,16-18,20H2,1-2H3,(H2,34,39)(H,36,38). The number of thiazole rings is 1. The number of aliphatic hydroxyl groups excluding tert-OH is 1. The van der Waals surface area contributed by atoms with Crippen LogP contribution in [0.1, 0.15) is 39.5 Å². The van der Waals surface area contributed by atoms with Gasteiger partial charge in [-0.25, -0.2) is 4.79 Å². The average molecular weight is 588 g/mol. The molecule has 0 fully saturated rings. The summed E-state index contributed by atoms with van der Waals surface area (Å²) in [6.07, 6.45) is -0.00851. The molecule has 0 saturated carbocycles. The Labute approximate surface area is 250 Å². The quantitative estimate of drug-likeness (QED) is 0.188. The number of rotatable bonds is 14. The Bertz CT molecular complexity index is 1400. The van der Waals surface area contributed by atoms with E-state index in [1.807, 2.05) is 92.7 Å². The first kappa shape index (κ1) is 30.7. The van der Waals surface area contributed by atoms with Crippen LogP contribution in [0.2, 0.25) is 0 Å². The fourth-order valence-corrected chi connectivity index (χ4v) is 5.79. The molecule has 4 rings (SSSR count). The molecule has 4 atom stereocenters. The predicted molar refractivity (Wildman–Crippen MR) is 164 cm³/mol. The Morgan fingerprint density at radius 2 is 1.62 bits per heavy atom. The number of nitrogens with zero attached hydrogens (tertiary/aromatic N) is 1. The number of aliphatic hydroxyl groups is 1. The van der Waals surface area contributed by atoms with E-state index in [1.165, 1.54) is 11.3 Å². The van der Waals surface area contributed by atoms with E-state index >= 15 is 0 Å². The largest absolute Gasteiger partial charge is 0.483 e. The molecule has 2 amide bonds. The Balaban J connectivity index is 1.55. The van der Waals surface area contributed by atoms with Gasteiger partial charge in [-0.1, -0.05) is 78.9 Å². The van der Waals surface area contributed by atoms with Crippen LogP contribution >= 0.6 is 11.3 Å². The van der Waals surface area contributed by atoms with E-state index in [4.69, 9.17) is 15.2 Å². The van der Waals surface area contributed by atoms with Crippen LogP contribution in [0.15, 0.2) is 90.6 Å². The van der Waals surface area contributed by atoms with Crippen molar-refractivity contribution in [1.82, 2.24) is 10.3 Å². The first-order valence-corrected chi connectivity index (χ1v) is 14.8. The van der Waals surface area contributed by atoms with E-state index in [0.717, 1.165) is 27.1 Å². The maximum absolute atomic E-state index is 13.1. The molecule has 1 aromatic heterocycles. The number of aryl methyl sites for hydroxylation is 2. The van der Waals surface area contributed by atoms with Crippen molar-refractivity contribution in [3.8, 4) is 5.75 Å². The zero-order valence-corrected chi connectivity index (χ0v) is 24.6. The molecule has 4 unspecified atom stereocenters. The minimum absolute atomic E-state index is 0.0524. The lowest BCUT2D eigenvalue weighted by atomic mass is 9.85. The van der Waals surface area contributed by atoms with E-state index in [1.54, 1.807) is 11.7 Å². The van der Waals surface area contributed by atoms with Crippen LogP contribution in [-0.4, -0.2) is 46.9 Å². The fraction of sp³-hybridized carbons (Fsp3) is 0.303. The minimum atomic E-state index is -1.06. The van der Waals surface area contributed by atoms with Crippen molar-refractivity contribution in [3.05, 3.63) is 118 Å². The summed E-state index contributed by atoms with van der Waals surface area (Å²) < 4.78 is 11.5. The van der Waals surface area contributed by atoms with E-state index in [9.17, 15) is 14.7 Å². The lowest BCUT2D eigenvalue weighted by molar-refractivity contribution is -0.124. The smallest absolute Gasteiger partial charge is 0.404 e. The summed E-state index contributed by atoms with van der Waals surface area (Å²) >= 11 is 1.51. The summed E-state index contributed by atoms with van der Waals surface area (Å²) in [5.41, 5.74) is 11.0. The summed E-state index contributed by atoms with van der Waals surface area (Å²) in [7, 11) is 0. The molecule has 0 bridgehead atoms. The molecule has 0 radical (unpaired) electrons. The number of carbonyl (C=O) groups is 2. The van der Waals surface area contributed by atoms with Gasteiger partial charge in [-0.3, -0.25) is 9.78 Å². The van der Waals surface area contributed by atoms with E-state index in [-0.39, 0.29) is 24.9 Å². The zero-order chi connectivity index (χ0) is 29.9. The number of ether oxygens (including phenoxy) is 2. The normalized spacial score (nSPS) is 13.9. The molecule has 0 saturated heterocycles. The number of benzene rings is 3. The lowest BCUT2D eigenvalue weighted by Crippen LogP contribution is -2.48. The summed E-state index contributed by atoms with van der Waals surface area (Å²) in [6, 6.07) is 24.4. The second kappa shape index (κ2) is 15.1. The van der Waals surface area contributed by atoms with Crippen molar-refractivity contribution in [2.75, 3.05) is 6.61 Å². The summed E-state index contributed by atoms with van der Waals surface area (Å²) in [4.78, 5) is 30.4. The highest BCUT2D eigenvalue weighted by atomic mass is 32.1. The number of nitrogens with two attached hydrogens (primary N) is 1. The molecule has 1 heterocycles. The zero-order valence-electron chi connectivity index (χ0n) is 23.8. The molecule has 42 heavy (non-hydrogen) atoms. The van der Waals surface area contributed by atoms with Crippen molar-refractivity contribution < 1.29 is 24.2 Å². The summed E-state index contributed by atoms with van der Waals surface area (Å²) in [5, 5.41) is 14.6. The SMILES string of the molecule is Cc1cccc(C)c1OCC(=O)NC(Cc1ccccc1)C(O)CC(OC(N)=O)C(Cc1cncs1)c1ccccc1. The topological polar surface area (TPSA) is 124 Å². The van der Waals surface area contributed by atoms with Gasteiger partial charge in [0.05, 0.1) is 17.7 Å². The molecular weight excluding hydrogens is 550 g/mol. The van der Waals surface area contributed by atoms with Crippen LogP contribution in [0, 0.1) is 13.8 Å². The van der Waals surface area contributed by atoms with Gasteiger partial charge in [0.1, 0.15) is 11.9 Å². The highest BCUT2D eigenvalue weighted by Crippen LogP contribution is 2.31. The van der Waals surface area contributed by atoms with Gasteiger partial charge in [0.15, 0.2) is 6.61 Å². The van der Waals surface area contributed by atoms with E-state index in [2.05, 4.69) is 10.3 Å². The van der Waals surface area contributed by atoms with Gasteiger partial charge in [-0.2, -0.15) is 0 Å². The third-order valence-corrected chi connectivity index (χ3v) is 7.99. The van der Waals surface area contributed by atoms with Gasteiger partial charge in [0, 0.05) is 23.4 Å². The number of carbonyl (C=O) groups excluding carboxylic acids is 2. The van der Waals surface area contributed by atoms with Crippen LogP contribution in [0.25, 0.3) is 0 Å². The monoisotopic (exact) mass is 587 g/mol. The highest BCUT2D eigenvalue weighted by molar-refractivity contribution is 7.09. The maximum Gasteiger partial charge on any atom is 0.404 e. The molecule has 3 aromatic carbocycles. The number of amides is 2. The molecule has 0 spiro atoms. The summed E-state index contributed by atoms with van der Waals surface area (Å²) in [6.45, 7) is 3.65. The number of primary amides is 1. The number of nitrogens with one attached hydrogen (secondary N) is 1. The third kappa shape index (κ3) is 8.89. The number of hydrogen-bond acceptors (Lipinski definition) is 7. The van der Waals surface area contributed by atoms with Crippen molar-refractivity contribution in [2.24, 2.45) is 5.73 Å². The number of hydrogen-bond donors (Lipinski definition) is 3. The predicted octanol–water partition coefficient (Wildman–Crippen LogP) is 5.11.